The van der Waals surface area contributed by atoms with E-state index < -0.39 is 6.17 Å². The molecule has 0 bridgehead atoms. The molecule has 1 aliphatic rings. The zero-order valence-corrected chi connectivity index (χ0v) is 5.60. The molecule has 2 heteroatoms. The third-order valence-corrected chi connectivity index (χ3v) is 1.78. The minimum absolute atomic E-state index is 0.120. The Hall–Kier alpha value is -0.530. The zero-order valence-electron chi connectivity index (χ0n) is 5.60. The molecule has 0 aliphatic heterocycles. The zero-order chi connectivity index (χ0) is 6.85. The molecule has 0 saturated heterocycles. The highest BCUT2D eigenvalue weighted by Crippen LogP contribution is 2.23. The van der Waals surface area contributed by atoms with Crippen LogP contribution in [-0.4, -0.2) is 6.17 Å². The van der Waals surface area contributed by atoms with E-state index in [9.17, 15) is 4.39 Å². The maximum Gasteiger partial charge on any atom is 0.107 e. The Kier molecular flexibility index (Phi) is 1.74. The van der Waals surface area contributed by atoms with Gasteiger partial charge in [0.15, 0.2) is 0 Å². The number of rotatable bonds is 0. The Balaban J connectivity index is 2.54. The Morgan fingerprint density at radius 2 is 2.44 bits per heavy atom. The molecule has 0 aromatic carbocycles. The first-order chi connectivity index (χ1) is 4.20. The van der Waals surface area contributed by atoms with Gasteiger partial charge in [-0.15, -0.1) is 0 Å². The van der Waals surface area contributed by atoms with Gasteiger partial charge in [-0.05, 0) is 18.8 Å². The van der Waals surface area contributed by atoms with Gasteiger partial charge < -0.3 is 5.73 Å². The number of hydrogen-bond donors (Lipinski definition) is 1. The van der Waals surface area contributed by atoms with Gasteiger partial charge in [0.25, 0.3) is 0 Å². The summed E-state index contributed by atoms with van der Waals surface area (Å²) >= 11 is 0. The quantitative estimate of drug-likeness (QED) is 0.528. The second-order valence-electron chi connectivity index (χ2n) is 2.71. The molecule has 0 saturated carbocycles. The predicted octanol–water partition coefficient (Wildman–Crippen LogP) is 1.60. The standard InChI is InChI=1S/C7H12FN/c1-5-4-6(9)2-3-7(5)8/h2,5,7H,3-4,9H2,1H3. The molecule has 0 aromatic heterocycles. The van der Waals surface area contributed by atoms with E-state index in [0.29, 0.717) is 6.42 Å². The van der Waals surface area contributed by atoms with Gasteiger partial charge in [0.2, 0.25) is 0 Å². The van der Waals surface area contributed by atoms with Gasteiger partial charge >= 0.3 is 0 Å². The largest absolute Gasteiger partial charge is 0.402 e. The molecule has 52 valence electrons. The summed E-state index contributed by atoms with van der Waals surface area (Å²) in [6.45, 7) is 1.89. The molecule has 0 radical (unpaired) electrons. The van der Waals surface area contributed by atoms with Crippen LogP contribution in [0.25, 0.3) is 0 Å². The molecular formula is C7H12FN. The van der Waals surface area contributed by atoms with Crippen LogP contribution in [0.4, 0.5) is 4.39 Å². The molecule has 0 amide bonds. The highest BCUT2D eigenvalue weighted by atomic mass is 19.1. The molecule has 9 heavy (non-hydrogen) atoms. The molecule has 1 nitrogen and oxygen atoms in total. The second kappa shape index (κ2) is 2.38. The lowest BCUT2D eigenvalue weighted by atomic mass is 9.92. The summed E-state index contributed by atoms with van der Waals surface area (Å²) < 4.78 is 12.7. The maximum atomic E-state index is 12.7. The van der Waals surface area contributed by atoms with Crippen molar-refractivity contribution in [1.29, 1.82) is 0 Å². The molecule has 1 rings (SSSR count). The smallest absolute Gasteiger partial charge is 0.107 e. The fourth-order valence-corrected chi connectivity index (χ4v) is 1.08. The predicted molar refractivity (Wildman–Crippen MR) is 35.6 cm³/mol. The molecule has 0 fully saturated rings. The summed E-state index contributed by atoms with van der Waals surface area (Å²) in [5, 5.41) is 0. The van der Waals surface area contributed by atoms with E-state index in [-0.39, 0.29) is 5.92 Å². The van der Waals surface area contributed by atoms with E-state index >= 15 is 0 Å². The van der Waals surface area contributed by atoms with Crippen molar-refractivity contribution in [3.63, 3.8) is 0 Å². The Morgan fingerprint density at radius 1 is 1.78 bits per heavy atom. The molecule has 2 unspecified atom stereocenters. The van der Waals surface area contributed by atoms with Crippen LogP contribution in [0.5, 0.6) is 0 Å². The van der Waals surface area contributed by atoms with E-state index in [2.05, 4.69) is 0 Å². The monoisotopic (exact) mass is 129 g/mol. The topological polar surface area (TPSA) is 26.0 Å². The average Bonchev–Trinajstić information content (AvgIpc) is 1.80. The van der Waals surface area contributed by atoms with Crippen molar-refractivity contribution < 1.29 is 4.39 Å². The summed E-state index contributed by atoms with van der Waals surface area (Å²) in [5.41, 5.74) is 6.33. The van der Waals surface area contributed by atoms with Crippen LogP contribution in [0.15, 0.2) is 11.8 Å². The first kappa shape index (κ1) is 6.59. The second-order valence-corrected chi connectivity index (χ2v) is 2.71. The summed E-state index contributed by atoms with van der Waals surface area (Å²) in [6, 6.07) is 0. The van der Waals surface area contributed by atoms with Gasteiger partial charge in [-0.25, -0.2) is 4.39 Å². The van der Waals surface area contributed by atoms with Gasteiger partial charge in [0, 0.05) is 5.70 Å². The molecule has 0 heterocycles. The number of alkyl halides is 1. The molecular weight excluding hydrogens is 117 g/mol. The van der Waals surface area contributed by atoms with Crippen LogP contribution in [0.1, 0.15) is 19.8 Å². The van der Waals surface area contributed by atoms with Crippen LogP contribution in [-0.2, 0) is 0 Å². The van der Waals surface area contributed by atoms with E-state index in [1.807, 2.05) is 6.92 Å². The average molecular weight is 129 g/mol. The van der Waals surface area contributed by atoms with Crippen molar-refractivity contribution in [1.82, 2.24) is 0 Å². The van der Waals surface area contributed by atoms with Crippen molar-refractivity contribution in [2.75, 3.05) is 0 Å². The fraction of sp³-hybridized carbons (Fsp3) is 0.714. The minimum atomic E-state index is -0.669. The molecule has 2 atom stereocenters. The lowest BCUT2D eigenvalue weighted by Crippen LogP contribution is -2.19. The summed E-state index contributed by atoms with van der Waals surface area (Å²) in [5.74, 6) is 0.120. The first-order valence-corrected chi connectivity index (χ1v) is 3.28. The van der Waals surface area contributed by atoms with E-state index in [0.717, 1.165) is 12.1 Å². The van der Waals surface area contributed by atoms with Crippen LogP contribution in [0.2, 0.25) is 0 Å². The van der Waals surface area contributed by atoms with Gasteiger partial charge in [0.05, 0.1) is 0 Å². The van der Waals surface area contributed by atoms with Crippen LogP contribution < -0.4 is 5.73 Å². The maximum absolute atomic E-state index is 12.7. The Bertz CT molecular complexity index is 131. The molecule has 2 N–H and O–H groups in total. The summed E-state index contributed by atoms with van der Waals surface area (Å²) in [6.07, 6.45) is 2.34. The third-order valence-electron chi connectivity index (χ3n) is 1.78. The highest BCUT2D eigenvalue weighted by molar-refractivity contribution is 5.03. The highest BCUT2D eigenvalue weighted by Gasteiger charge is 2.19. The normalized spacial score (nSPS) is 36.0. The van der Waals surface area contributed by atoms with Crippen molar-refractivity contribution in [2.24, 2.45) is 11.7 Å². The summed E-state index contributed by atoms with van der Waals surface area (Å²) in [7, 11) is 0. The first-order valence-electron chi connectivity index (χ1n) is 3.28. The van der Waals surface area contributed by atoms with Crippen LogP contribution in [0.3, 0.4) is 0 Å². The molecule has 1 aliphatic carbocycles. The van der Waals surface area contributed by atoms with Gasteiger partial charge in [-0.2, -0.15) is 0 Å². The SMILES string of the molecule is CC1CC(N)=CCC1F. The van der Waals surface area contributed by atoms with Crippen molar-refractivity contribution >= 4 is 0 Å². The molecule has 0 aromatic rings. The van der Waals surface area contributed by atoms with Crippen molar-refractivity contribution in [3.05, 3.63) is 11.8 Å². The van der Waals surface area contributed by atoms with Crippen LogP contribution in [0, 0.1) is 5.92 Å². The van der Waals surface area contributed by atoms with E-state index in [4.69, 9.17) is 5.73 Å². The summed E-state index contributed by atoms with van der Waals surface area (Å²) in [4.78, 5) is 0. The Labute approximate surface area is 54.7 Å². The van der Waals surface area contributed by atoms with E-state index in [1.54, 1.807) is 6.08 Å². The number of allylic oxidation sites excluding steroid dienone is 2. The Morgan fingerprint density at radius 3 is 2.89 bits per heavy atom. The lowest BCUT2D eigenvalue weighted by molar-refractivity contribution is 0.231. The number of nitrogens with two attached hydrogens (primary N) is 1. The molecule has 0 spiro atoms. The fourth-order valence-electron chi connectivity index (χ4n) is 1.08. The number of hydrogen-bond acceptors (Lipinski definition) is 1. The lowest BCUT2D eigenvalue weighted by Gasteiger charge is -2.20. The number of halogens is 1. The van der Waals surface area contributed by atoms with Crippen LogP contribution >= 0.6 is 0 Å². The van der Waals surface area contributed by atoms with Gasteiger partial charge in [0.1, 0.15) is 6.17 Å². The van der Waals surface area contributed by atoms with E-state index in [1.165, 1.54) is 0 Å². The van der Waals surface area contributed by atoms with Gasteiger partial charge in [-0.1, -0.05) is 13.0 Å². The van der Waals surface area contributed by atoms with Gasteiger partial charge in [-0.3, -0.25) is 0 Å². The van der Waals surface area contributed by atoms with Crippen molar-refractivity contribution in [3.8, 4) is 0 Å². The third kappa shape index (κ3) is 1.44. The minimum Gasteiger partial charge on any atom is -0.402 e. The van der Waals surface area contributed by atoms with Crippen molar-refractivity contribution in [2.45, 2.75) is 25.9 Å².